The first-order valence-corrected chi connectivity index (χ1v) is 7.26. The summed E-state index contributed by atoms with van der Waals surface area (Å²) in [5.41, 5.74) is 3.55. The highest BCUT2D eigenvalue weighted by Gasteiger charge is 2.23. The van der Waals surface area contributed by atoms with Gasteiger partial charge >= 0.3 is 0 Å². The number of rotatable bonds is 5. The molecule has 1 aliphatic rings. The second-order valence-electron chi connectivity index (χ2n) is 5.37. The first kappa shape index (κ1) is 13.1. The zero-order chi connectivity index (χ0) is 14.9. The number of para-hydroxylation sites is 1. The lowest BCUT2D eigenvalue weighted by Gasteiger charge is -2.09. The van der Waals surface area contributed by atoms with Crippen molar-refractivity contribution >= 4 is 17.2 Å². The number of fused-ring (bicyclic) bond motifs is 1. The third kappa shape index (κ3) is 2.38. The Balaban J connectivity index is 1.76. The van der Waals surface area contributed by atoms with Gasteiger partial charge in [0.05, 0.1) is 12.3 Å². The van der Waals surface area contributed by atoms with E-state index in [4.69, 9.17) is 9.47 Å². The molecule has 0 saturated carbocycles. The molecule has 1 fully saturated rings. The van der Waals surface area contributed by atoms with E-state index in [1.807, 2.05) is 48.5 Å². The van der Waals surface area contributed by atoms with Crippen molar-refractivity contribution < 1.29 is 14.3 Å². The second-order valence-corrected chi connectivity index (χ2v) is 5.37. The van der Waals surface area contributed by atoms with Gasteiger partial charge in [-0.15, -0.1) is 0 Å². The van der Waals surface area contributed by atoms with E-state index in [9.17, 15) is 4.79 Å². The Labute approximate surface area is 127 Å². The standard InChI is InChI=1S/C18H15NO3/c20-9-12-4-3-6-16-15(12)8-17(19-16)14-5-1-2-7-18(14)22-11-13-10-21-13/h1-9,13,19H,10-11H2. The van der Waals surface area contributed by atoms with E-state index >= 15 is 0 Å². The molecule has 1 N–H and O–H groups in total. The molecule has 22 heavy (non-hydrogen) atoms. The molecule has 1 saturated heterocycles. The number of benzene rings is 2. The van der Waals surface area contributed by atoms with Gasteiger partial charge in [-0.3, -0.25) is 4.79 Å². The molecule has 4 rings (SSSR count). The van der Waals surface area contributed by atoms with Crippen LogP contribution >= 0.6 is 0 Å². The van der Waals surface area contributed by atoms with E-state index in [-0.39, 0.29) is 6.10 Å². The van der Waals surface area contributed by atoms with Crippen molar-refractivity contribution in [2.45, 2.75) is 6.10 Å². The van der Waals surface area contributed by atoms with Crippen molar-refractivity contribution in [2.24, 2.45) is 0 Å². The lowest BCUT2D eigenvalue weighted by atomic mass is 10.1. The summed E-state index contributed by atoms with van der Waals surface area (Å²) in [6, 6.07) is 15.5. The van der Waals surface area contributed by atoms with Crippen LogP contribution in [-0.2, 0) is 4.74 Å². The quantitative estimate of drug-likeness (QED) is 0.579. The monoisotopic (exact) mass is 293 g/mol. The Kier molecular flexibility index (Phi) is 3.16. The molecule has 0 spiro atoms. The van der Waals surface area contributed by atoms with Gasteiger partial charge < -0.3 is 14.5 Å². The Morgan fingerprint density at radius 2 is 2.09 bits per heavy atom. The van der Waals surface area contributed by atoms with Crippen molar-refractivity contribution in [3.8, 4) is 17.0 Å². The molecule has 1 unspecified atom stereocenters. The largest absolute Gasteiger partial charge is 0.490 e. The van der Waals surface area contributed by atoms with Crippen molar-refractivity contribution in [2.75, 3.05) is 13.2 Å². The fraction of sp³-hybridized carbons (Fsp3) is 0.167. The van der Waals surface area contributed by atoms with E-state index in [0.717, 1.165) is 40.8 Å². The maximum Gasteiger partial charge on any atom is 0.150 e. The van der Waals surface area contributed by atoms with Gasteiger partial charge in [-0.2, -0.15) is 0 Å². The summed E-state index contributed by atoms with van der Waals surface area (Å²) in [6.07, 6.45) is 1.10. The zero-order valence-corrected chi connectivity index (χ0v) is 11.9. The average Bonchev–Trinajstić information content (AvgIpc) is 3.29. The van der Waals surface area contributed by atoms with E-state index < -0.39 is 0 Å². The Hall–Kier alpha value is -2.59. The number of carbonyl (C=O) groups is 1. The summed E-state index contributed by atoms with van der Waals surface area (Å²) in [7, 11) is 0. The fourth-order valence-corrected chi connectivity index (χ4v) is 2.59. The number of hydrogen-bond donors (Lipinski definition) is 1. The molecule has 2 aromatic carbocycles. The summed E-state index contributed by atoms with van der Waals surface area (Å²) in [4.78, 5) is 14.5. The lowest BCUT2D eigenvalue weighted by Crippen LogP contribution is -2.04. The van der Waals surface area contributed by atoms with Crippen molar-refractivity contribution in [1.82, 2.24) is 4.98 Å². The first-order valence-electron chi connectivity index (χ1n) is 7.26. The Bertz CT molecular complexity index is 833. The highest BCUT2D eigenvalue weighted by atomic mass is 16.6. The average molecular weight is 293 g/mol. The van der Waals surface area contributed by atoms with E-state index in [0.29, 0.717) is 12.2 Å². The molecule has 1 atom stereocenters. The SMILES string of the molecule is O=Cc1cccc2[nH]c(-c3ccccc3OCC3CO3)cc12. The molecule has 0 amide bonds. The summed E-state index contributed by atoms with van der Waals surface area (Å²) in [5.74, 6) is 0.817. The van der Waals surface area contributed by atoms with Gasteiger partial charge in [-0.25, -0.2) is 0 Å². The van der Waals surface area contributed by atoms with Crippen LogP contribution in [-0.4, -0.2) is 30.6 Å². The van der Waals surface area contributed by atoms with Gasteiger partial charge in [0.25, 0.3) is 0 Å². The Morgan fingerprint density at radius 3 is 2.91 bits per heavy atom. The first-order chi connectivity index (χ1) is 10.8. The topological polar surface area (TPSA) is 54.6 Å². The van der Waals surface area contributed by atoms with Gasteiger partial charge in [0.1, 0.15) is 18.5 Å². The number of aldehydes is 1. The minimum Gasteiger partial charge on any atom is -0.490 e. The zero-order valence-electron chi connectivity index (χ0n) is 11.9. The molecule has 110 valence electrons. The van der Waals surface area contributed by atoms with Crippen LogP contribution in [0.1, 0.15) is 10.4 Å². The minimum atomic E-state index is 0.220. The summed E-state index contributed by atoms with van der Waals surface area (Å²) >= 11 is 0. The molecule has 4 nitrogen and oxygen atoms in total. The maximum atomic E-state index is 11.2. The normalized spacial score (nSPS) is 16.6. The van der Waals surface area contributed by atoms with E-state index in [1.54, 1.807) is 0 Å². The van der Waals surface area contributed by atoms with Gasteiger partial charge in [0.15, 0.2) is 6.29 Å². The number of hydrogen-bond acceptors (Lipinski definition) is 3. The molecule has 1 aliphatic heterocycles. The fourth-order valence-electron chi connectivity index (χ4n) is 2.59. The predicted octanol–water partition coefficient (Wildman–Crippen LogP) is 3.43. The van der Waals surface area contributed by atoms with Crippen LogP contribution in [0, 0.1) is 0 Å². The van der Waals surface area contributed by atoms with E-state index in [1.165, 1.54) is 0 Å². The highest BCUT2D eigenvalue weighted by molar-refractivity contribution is 5.99. The molecule has 0 bridgehead atoms. The van der Waals surface area contributed by atoms with Gasteiger partial charge in [0, 0.05) is 22.0 Å². The van der Waals surface area contributed by atoms with Crippen molar-refractivity contribution in [3.05, 3.63) is 54.1 Å². The lowest BCUT2D eigenvalue weighted by molar-refractivity contribution is 0.112. The van der Waals surface area contributed by atoms with Crippen molar-refractivity contribution in [1.29, 1.82) is 0 Å². The molecular weight excluding hydrogens is 278 g/mol. The van der Waals surface area contributed by atoms with Crippen LogP contribution in [0.15, 0.2) is 48.5 Å². The van der Waals surface area contributed by atoms with Gasteiger partial charge in [-0.1, -0.05) is 24.3 Å². The van der Waals surface area contributed by atoms with Gasteiger partial charge in [0.2, 0.25) is 0 Å². The molecule has 1 aromatic heterocycles. The van der Waals surface area contributed by atoms with Crippen LogP contribution < -0.4 is 4.74 Å². The van der Waals surface area contributed by atoms with Crippen molar-refractivity contribution in [3.63, 3.8) is 0 Å². The molecule has 0 aliphatic carbocycles. The number of nitrogens with one attached hydrogen (secondary N) is 1. The van der Waals surface area contributed by atoms with Crippen LogP contribution in [0.2, 0.25) is 0 Å². The maximum absolute atomic E-state index is 11.2. The van der Waals surface area contributed by atoms with Crippen LogP contribution in [0.5, 0.6) is 5.75 Å². The number of carbonyl (C=O) groups excluding carboxylic acids is 1. The summed E-state index contributed by atoms with van der Waals surface area (Å²) in [6.45, 7) is 1.34. The number of epoxide rings is 1. The molecule has 4 heteroatoms. The van der Waals surface area contributed by atoms with E-state index in [2.05, 4.69) is 4.98 Å². The molecule has 3 aromatic rings. The molecule has 0 radical (unpaired) electrons. The van der Waals surface area contributed by atoms with Crippen LogP contribution in [0.3, 0.4) is 0 Å². The third-order valence-corrected chi connectivity index (χ3v) is 3.83. The molecule has 2 heterocycles. The minimum absolute atomic E-state index is 0.220. The number of H-pyrrole nitrogens is 1. The highest BCUT2D eigenvalue weighted by Crippen LogP contribution is 2.32. The number of aromatic nitrogens is 1. The number of aromatic amines is 1. The van der Waals surface area contributed by atoms with Gasteiger partial charge in [-0.05, 0) is 24.3 Å². The molecular formula is C18H15NO3. The predicted molar refractivity (Wildman–Crippen MR) is 84.4 cm³/mol. The number of ether oxygens (including phenoxy) is 2. The third-order valence-electron chi connectivity index (χ3n) is 3.83. The second kappa shape index (κ2) is 5.31. The Morgan fingerprint density at radius 1 is 1.23 bits per heavy atom. The summed E-state index contributed by atoms with van der Waals surface area (Å²) in [5, 5.41) is 0.924. The van der Waals surface area contributed by atoms with Crippen LogP contribution in [0.4, 0.5) is 0 Å². The summed E-state index contributed by atoms with van der Waals surface area (Å²) < 4.78 is 11.0. The smallest absolute Gasteiger partial charge is 0.150 e. The van der Waals surface area contributed by atoms with Crippen LogP contribution in [0.25, 0.3) is 22.2 Å².